The zero-order chi connectivity index (χ0) is 7.82. The molecule has 0 aromatic rings. The van der Waals surface area contributed by atoms with Crippen molar-refractivity contribution in [3.63, 3.8) is 0 Å². The molecule has 0 radical (unpaired) electrons. The number of rotatable bonds is 6. The Morgan fingerprint density at radius 1 is 1.10 bits per heavy atom. The molecular formula is C8H18O2. The Bertz CT molecular complexity index is 62.3. The second-order valence-electron chi connectivity index (χ2n) is 2.78. The van der Waals surface area contributed by atoms with E-state index in [9.17, 15) is 0 Å². The van der Waals surface area contributed by atoms with E-state index in [0.717, 1.165) is 32.1 Å². The fourth-order valence-corrected chi connectivity index (χ4v) is 0.905. The molecule has 0 rings (SSSR count). The minimum atomic E-state index is -0.158. The fraction of sp³-hybridized carbons (Fsp3) is 1.00. The van der Waals surface area contributed by atoms with Gasteiger partial charge >= 0.3 is 0 Å². The summed E-state index contributed by atoms with van der Waals surface area (Å²) in [4.78, 5) is 0. The van der Waals surface area contributed by atoms with Gasteiger partial charge in [-0.2, -0.15) is 0 Å². The van der Waals surface area contributed by atoms with Gasteiger partial charge in [-0.1, -0.05) is 19.3 Å². The molecule has 10 heavy (non-hydrogen) atoms. The van der Waals surface area contributed by atoms with Crippen molar-refractivity contribution in [1.29, 1.82) is 0 Å². The van der Waals surface area contributed by atoms with Crippen molar-refractivity contribution in [3.8, 4) is 0 Å². The average Bonchev–Trinajstić information content (AvgIpc) is 1.87. The molecule has 2 nitrogen and oxygen atoms in total. The van der Waals surface area contributed by atoms with E-state index in [4.69, 9.17) is 10.2 Å². The summed E-state index contributed by atoms with van der Waals surface area (Å²) in [5.41, 5.74) is 0. The van der Waals surface area contributed by atoms with Gasteiger partial charge in [0.1, 0.15) is 0 Å². The van der Waals surface area contributed by atoms with Crippen molar-refractivity contribution in [2.75, 3.05) is 6.61 Å². The molecule has 0 spiro atoms. The topological polar surface area (TPSA) is 40.5 Å². The van der Waals surface area contributed by atoms with Crippen LogP contribution in [0, 0.1) is 0 Å². The van der Waals surface area contributed by atoms with Gasteiger partial charge in [0.15, 0.2) is 0 Å². The highest BCUT2D eigenvalue weighted by Crippen LogP contribution is 2.04. The highest BCUT2D eigenvalue weighted by atomic mass is 16.3. The lowest BCUT2D eigenvalue weighted by molar-refractivity contribution is 0.180. The second-order valence-corrected chi connectivity index (χ2v) is 2.78. The molecule has 62 valence electrons. The van der Waals surface area contributed by atoms with E-state index in [2.05, 4.69) is 0 Å². The van der Waals surface area contributed by atoms with Gasteiger partial charge in [-0.05, 0) is 19.8 Å². The maximum Gasteiger partial charge on any atom is 0.0512 e. The summed E-state index contributed by atoms with van der Waals surface area (Å²) in [6.45, 7) is 2.11. The van der Waals surface area contributed by atoms with Crippen LogP contribution >= 0.6 is 0 Å². The third kappa shape index (κ3) is 7.92. The molecule has 1 atom stereocenters. The first kappa shape index (κ1) is 9.92. The first-order valence-electron chi connectivity index (χ1n) is 4.06. The lowest BCUT2D eigenvalue weighted by Crippen LogP contribution is -1.98. The molecule has 0 saturated carbocycles. The first-order valence-corrected chi connectivity index (χ1v) is 4.06. The Labute approximate surface area is 62.9 Å². The minimum absolute atomic E-state index is 0.158. The van der Waals surface area contributed by atoms with E-state index >= 15 is 0 Å². The molecular weight excluding hydrogens is 128 g/mol. The van der Waals surface area contributed by atoms with Gasteiger partial charge in [-0.25, -0.2) is 0 Å². The van der Waals surface area contributed by atoms with Gasteiger partial charge in [0, 0.05) is 6.61 Å². The maximum absolute atomic E-state index is 8.86. The lowest BCUT2D eigenvalue weighted by atomic mass is 10.1. The van der Waals surface area contributed by atoms with Gasteiger partial charge in [0.05, 0.1) is 6.10 Å². The predicted octanol–water partition coefficient (Wildman–Crippen LogP) is 1.31. The predicted molar refractivity (Wildman–Crippen MR) is 41.9 cm³/mol. The number of aliphatic hydroxyl groups is 2. The summed E-state index contributed by atoms with van der Waals surface area (Å²) in [5, 5.41) is 17.3. The fourth-order valence-electron chi connectivity index (χ4n) is 0.905. The zero-order valence-electron chi connectivity index (χ0n) is 6.71. The highest BCUT2D eigenvalue weighted by Gasteiger charge is 1.94. The van der Waals surface area contributed by atoms with E-state index in [1.165, 1.54) is 0 Å². The quantitative estimate of drug-likeness (QED) is 0.555. The zero-order valence-corrected chi connectivity index (χ0v) is 6.71. The number of hydrogen-bond acceptors (Lipinski definition) is 2. The molecule has 0 aliphatic rings. The van der Waals surface area contributed by atoms with E-state index in [1.54, 1.807) is 0 Å². The van der Waals surface area contributed by atoms with Gasteiger partial charge in [-0.15, -0.1) is 0 Å². The molecule has 0 saturated heterocycles. The first-order chi connectivity index (χ1) is 4.77. The van der Waals surface area contributed by atoms with E-state index in [-0.39, 0.29) is 6.10 Å². The van der Waals surface area contributed by atoms with Gasteiger partial charge in [0.2, 0.25) is 0 Å². The van der Waals surface area contributed by atoms with Crippen LogP contribution in [0.15, 0.2) is 0 Å². The highest BCUT2D eigenvalue weighted by molar-refractivity contribution is 4.48. The van der Waals surface area contributed by atoms with Crippen molar-refractivity contribution in [2.45, 2.75) is 45.1 Å². The maximum atomic E-state index is 8.86. The molecule has 0 aliphatic heterocycles. The second kappa shape index (κ2) is 7.03. The molecule has 0 unspecified atom stereocenters. The number of hydrogen-bond donors (Lipinski definition) is 2. The average molecular weight is 146 g/mol. The van der Waals surface area contributed by atoms with Crippen molar-refractivity contribution in [3.05, 3.63) is 0 Å². The molecule has 0 aromatic carbocycles. The summed E-state index contributed by atoms with van der Waals surface area (Å²) < 4.78 is 0. The van der Waals surface area contributed by atoms with Crippen molar-refractivity contribution < 1.29 is 10.2 Å². The summed E-state index contributed by atoms with van der Waals surface area (Å²) in [7, 11) is 0. The molecule has 2 heteroatoms. The van der Waals surface area contributed by atoms with Crippen molar-refractivity contribution >= 4 is 0 Å². The molecule has 0 fully saturated rings. The van der Waals surface area contributed by atoms with Crippen LogP contribution in [0.3, 0.4) is 0 Å². The van der Waals surface area contributed by atoms with Gasteiger partial charge in [-0.3, -0.25) is 0 Å². The standard InChI is InChI=1S/C8H18O2/c1-8(10)6-4-2-3-5-7-9/h8-10H,2-7H2,1H3/t8-/m0/s1. The van der Waals surface area contributed by atoms with Gasteiger partial charge < -0.3 is 10.2 Å². The molecule has 0 amide bonds. The van der Waals surface area contributed by atoms with E-state index in [0.29, 0.717) is 6.61 Å². The summed E-state index contributed by atoms with van der Waals surface area (Å²) in [6, 6.07) is 0. The lowest BCUT2D eigenvalue weighted by Gasteiger charge is -2.01. The minimum Gasteiger partial charge on any atom is -0.396 e. The Hall–Kier alpha value is -0.0800. The van der Waals surface area contributed by atoms with Crippen LogP contribution < -0.4 is 0 Å². The third-order valence-corrected chi connectivity index (χ3v) is 1.53. The van der Waals surface area contributed by atoms with Crippen LogP contribution in [0.4, 0.5) is 0 Å². The molecule has 0 heterocycles. The smallest absolute Gasteiger partial charge is 0.0512 e. The number of aliphatic hydroxyl groups excluding tert-OH is 2. The summed E-state index contributed by atoms with van der Waals surface area (Å²) in [5.74, 6) is 0. The Morgan fingerprint density at radius 2 is 1.70 bits per heavy atom. The van der Waals surface area contributed by atoms with E-state index in [1.807, 2.05) is 6.92 Å². The number of unbranched alkanes of at least 4 members (excludes halogenated alkanes) is 3. The van der Waals surface area contributed by atoms with Crippen LogP contribution in [0.2, 0.25) is 0 Å². The third-order valence-electron chi connectivity index (χ3n) is 1.53. The van der Waals surface area contributed by atoms with E-state index < -0.39 is 0 Å². The Kier molecular flexibility index (Phi) is 6.98. The monoisotopic (exact) mass is 146 g/mol. The van der Waals surface area contributed by atoms with Crippen LogP contribution in [-0.2, 0) is 0 Å². The van der Waals surface area contributed by atoms with Crippen LogP contribution in [-0.4, -0.2) is 22.9 Å². The van der Waals surface area contributed by atoms with Crippen LogP contribution in [0.5, 0.6) is 0 Å². The SMILES string of the molecule is C[C@H](O)CCCCCCO. The molecule has 0 aliphatic carbocycles. The van der Waals surface area contributed by atoms with Crippen LogP contribution in [0.25, 0.3) is 0 Å². The molecule has 0 bridgehead atoms. The van der Waals surface area contributed by atoms with Crippen LogP contribution in [0.1, 0.15) is 39.0 Å². The van der Waals surface area contributed by atoms with Gasteiger partial charge in [0.25, 0.3) is 0 Å². The molecule has 2 N–H and O–H groups in total. The summed E-state index contributed by atoms with van der Waals surface area (Å²) in [6.07, 6.45) is 4.94. The normalized spacial score (nSPS) is 13.5. The summed E-state index contributed by atoms with van der Waals surface area (Å²) >= 11 is 0. The van der Waals surface area contributed by atoms with Crippen molar-refractivity contribution in [1.82, 2.24) is 0 Å². The molecule has 0 aromatic heterocycles. The largest absolute Gasteiger partial charge is 0.396 e. The Morgan fingerprint density at radius 3 is 2.20 bits per heavy atom. The van der Waals surface area contributed by atoms with Crippen molar-refractivity contribution in [2.24, 2.45) is 0 Å². The Balaban J connectivity index is 2.77.